The molecule has 0 spiro atoms. The van der Waals surface area contributed by atoms with Gasteiger partial charge in [0.2, 0.25) is 5.69 Å². The fourth-order valence-electron chi connectivity index (χ4n) is 5.08. The zero-order chi connectivity index (χ0) is 18.4. The Bertz CT molecular complexity index is 1030. The summed E-state index contributed by atoms with van der Waals surface area (Å²) in [6.45, 7) is 2.27. The maximum absolute atomic E-state index is 2.44. The topological polar surface area (TPSA) is 3.88 Å². The van der Waals surface area contributed by atoms with Gasteiger partial charge in [0.1, 0.15) is 7.05 Å². The number of hydrogen-bond donors (Lipinski definition) is 0. The Morgan fingerprint density at radius 3 is 2.52 bits per heavy atom. The normalized spacial score (nSPS) is 15.5. The van der Waals surface area contributed by atoms with E-state index >= 15 is 0 Å². The van der Waals surface area contributed by atoms with Crippen molar-refractivity contribution < 1.29 is 4.57 Å². The molecule has 0 amide bonds. The molecule has 4 bridgehead atoms. The Kier molecular flexibility index (Phi) is 4.11. The van der Waals surface area contributed by atoms with Gasteiger partial charge in [-0.3, -0.25) is 0 Å². The zero-order valence-electron chi connectivity index (χ0n) is 16.5. The summed E-state index contributed by atoms with van der Waals surface area (Å²) in [6.07, 6.45) is 11.0. The minimum Gasteiger partial charge on any atom is -0.201 e. The second kappa shape index (κ2) is 6.64. The van der Waals surface area contributed by atoms with E-state index in [1.165, 1.54) is 77.6 Å². The van der Waals surface area contributed by atoms with Crippen molar-refractivity contribution >= 4 is 0 Å². The van der Waals surface area contributed by atoms with Crippen molar-refractivity contribution in [3.63, 3.8) is 0 Å². The summed E-state index contributed by atoms with van der Waals surface area (Å²) in [5.74, 6) is 0. The van der Waals surface area contributed by atoms with E-state index in [9.17, 15) is 0 Å². The summed E-state index contributed by atoms with van der Waals surface area (Å²) < 4.78 is 2.31. The van der Waals surface area contributed by atoms with Crippen molar-refractivity contribution in [1.82, 2.24) is 0 Å². The fraction of sp³-hybridized carbons (Fsp3) is 0.346. The number of rotatable bonds is 0. The summed E-state index contributed by atoms with van der Waals surface area (Å²) in [5, 5.41) is 0. The van der Waals surface area contributed by atoms with Crippen molar-refractivity contribution in [2.75, 3.05) is 0 Å². The Morgan fingerprint density at radius 2 is 1.63 bits per heavy atom. The van der Waals surface area contributed by atoms with Crippen LogP contribution in [-0.4, -0.2) is 0 Å². The molecule has 2 aliphatic carbocycles. The second-order valence-electron chi connectivity index (χ2n) is 8.35. The van der Waals surface area contributed by atoms with E-state index in [-0.39, 0.29) is 0 Å². The molecule has 136 valence electrons. The van der Waals surface area contributed by atoms with Gasteiger partial charge in [-0.05, 0) is 78.0 Å². The predicted octanol–water partition coefficient (Wildman–Crippen LogP) is 5.72. The standard InChI is InChI=1S/C26H28N/c1-18-12-13-22-21-11-7-10-20-9-6-4-3-5-8-19-14-15-27(2)25(16-19)26(18)24(22)17-23(20)21/h7,10-16H,3-6,8-9,17H2,1-2H3/q+1. The number of fused-ring (bicyclic) bond motifs is 4. The molecule has 1 nitrogen and oxygen atoms in total. The van der Waals surface area contributed by atoms with Crippen molar-refractivity contribution in [1.29, 1.82) is 0 Å². The van der Waals surface area contributed by atoms with Gasteiger partial charge < -0.3 is 0 Å². The number of hydrogen-bond acceptors (Lipinski definition) is 0. The van der Waals surface area contributed by atoms with Gasteiger partial charge in [-0.2, -0.15) is 0 Å². The molecule has 2 aromatic carbocycles. The molecule has 0 saturated heterocycles. The molecule has 1 aromatic heterocycles. The number of nitrogens with zero attached hydrogens (tertiary/aromatic N) is 1. The number of aryl methyl sites for hydroxylation is 4. The molecular formula is C26H28N+. The molecule has 0 N–H and O–H groups in total. The highest BCUT2D eigenvalue weighted by atomic mass is 14.9. The summed E-state index contributed by atoms with van der Waals surface area (Å²) in [6, 6.07) is 16.4. The highest BCUT2D eigenvalue weighted by molar-refractivity contribution is 5.85. The third kappa shape index (κ3) is 2.81. The monoisotopic (exact) mass is 354 g/mol. The molecule has 1 heterocycles. The van der Waals surface area contributed by atoms with Crippen LogP contribution in [0.4, 0.5) is 0 Å². The number of pyridine rings is 1. The Hall–Kier alpha value is -2.41. The lowest BCUT2D eigenvalue weighted by molar-refractivity contribution is -0.660. The molecule has 3 aromatic rings. The van der Waals surface area contributed by atoms with E-state index in [0.29, 0.717) is 0 Å². The van der Waals surface area contributed by atoms with Gasteiger partial charge in [0.15, 0.2) is 6.20 Å². The van der Waals surface area contributed by atoms with E-state index in [0.717, 1.165) is 6.42 Å². The first-order valence-electron chi connectivity index (χ1n) is 10.4. The molecule has 27 heavy (non-hydrogen) atoms. The molecule has 0 atom stereocenters. The van der Waals surface area contributed by atoms with Crippen molar-refractivity contribution in [2.45, 2.75) is 51.9 Å². The van der Waals surface area contributed by atoms with E-state index in [4.69, 9.17) is 0 Å². The quantitative estimate of drug-likeness (QED) is 0.356. The molecule has 0 saturated carbocycles. The maximum atomic E-state index is 2.44. The van der Waals surface area contributed by atoms with Crippen molar-refractivity contribution in [2.24, 2.45) is 7.05 Å². The molecule has 0 unspecified atom stereocenters. The molecule has 0 radical (unpaired) electrons. The van der Waals surface area contributed by atoms with Gasteiger partial charge in [-0.25, -0.2) is 4.57 Å². The van der Waals surface area contributed by atoms with Gasteiger partial charge in [0, 0.05) is 12.1 Å². The van der Waals surface area contributed by atoms with Crippen LogP contribution in [0.1, 0.15) is 53.5 Å². The van der Waals surface area contributed by atoms with Crippen LogP contribution in [0.5, 0.6) is 0 Å². The predicted molar refractivity (Wildman–Crippen MR) is 112 cm³/mol. The van der Waals surface area contributed by atoms with Crippen LogP contribution < -0.4 is 4.57 Å². The van der Waals surface area contributed by atoms with Gasteiger partial charge in [0.05, 0.1) is 5.56 Å². The van der Waals surface area contributed by atoms with Crippen LogP contribution in [0.2, 0.25) is 0 Å². The second-order valence-corrected chi connectivity index (χ2v) is 8.35. The van der Waals surface area contributed by atoms with Gasteiger partial charge in [-0.15, -0.1) is 0 Å². The molecule has 5 rings (SSSR count). The number of benzene rings is 2. The largest absolute Gasteiger partial charge is 0.213 e. The molecular weight excluding hydrogens is 326 g/mol. The van der Waals surface area contributed by atoms with Crippen LogP contribution in [0.3, 0.4) is 0 Å². The lowest BCUT2D eigenvalue weighted by Crippen LogP contribution is -2.31. The fourth-order valence-corrected chi connectivity index (χ4v) is 5.08. The van der Waals surface area contributed by atoms with Crippen LogP contribution in [0.15, 0.2) is 48.7 Å². The number of aromatic nitrogens is 1. The van der Waals surface area contributed by atoms with Gasteiger partial charge >= 0.3 is 0 Å². The van der Waals surface area contributed by atoms with Crippen LogP contribution in [0, 0.1) is 6.92 Å². The molecule has 0 aliphatic heterocycles. The Morgan fingerprint density at radius 1 is 0.815 bits per heavy atom. The summed E-state index contributed by atoms with van der Waals surface area (Å²) in [7, 11) is 2.19. The lowest BCUT2D eigenvalue weighted by atomic mass is 9.92. The SMILES string of the molecule is Cc1ccc2c3c1-c1cc(cc[n+]1C)CCCCCCc1cccc-2c1C3. The average Bonchev–Trinajstić information content (AvgIpc) is 3.05. The highest BCUT2D eigenvalue weighted by Gasteiger charge is 2.27. The van der Waals surface area contributed by atoms with Crippen LogP contribution in [-0.2, 0) is 26.3 Å². The summed E-state index contributed by atoms with van der Waals surface area (Å²) in [4.78, 5) is 0. The average molecular weight is 355 g/mol. The minimum atomic E-state index is 1.09. The van der Waals surface area contributed by atoms with E-state index < -0.39 is 0 Å². The third-order valence-electron chi connectivity index (χ3n) is 6.57. The van der Waals surface area contributed by atoms with Gasteiger partial charge in [0.25, 0.3) is 0 Å². The Labute approximate surface area is 162 Å². The van der Waals surface area contributed by atoms with E-state index in [1.54, 1.807) is 11.1 Å². The van der Waals surface area contributed by atoms with E-state index in [2.05, 4.69) is 67.2 Å². The van der Waals surface area contributed by atoms with Crippen LogP contribution >= 0.6 is 0 Å². The first-order valence-corrected chi connectivity index (χ1v) is 10.4. The third-order valence-corrected chi connectivity index (χ3v) is 6.57. The Balaban J connectivity index is 1.77. The van der Waals surface area contributed by atoms with Crippen molar-refractivity contribution in [3.8, 4) is 22.4 Å². The van der Waals surface area contributed by atoms with E-state index in [1.807, 2.05) is 0 Å². The van der Waals surface area contributed by atoms with Crippen LogP contribution in [0.25, 0.3) is 22.4 Å². The van der Waals surface area contributed by atoms with Crippen molar-refractivity contribution in [3.05, 3.63) is 76.5 Å². The molecule has 2 aliphatic rings. The lowest BCUT2D eigenvalue weighted by Gasteiger charge is -2.12. The molecule has 0 fully saturated rings. The highest BCUT2D eigenvalue weighted by Crippen LogP contribution is 2.44. The maximum Gasteiger partial charge on any atom is 0.213 e. The van der Waals surface area contributed by atoms with Gasteiger partial charge in [-0.1, -0.05) is 43.2 Å². The zero-order valence-corrected chi connectivity index (χ0v) is 16.5. The smallest absolute Gasteiger partial charge is 0.201 e. The molecule has 1 heteroatoms. The summed E-state index contributed by atoms with van der Waals surface area (Å²) >= 11 is 0. The first-order chi connectivity index (χ1) is 13.2. The first kappa shape index (κ1) is 16.7. The summed E-state index contributed by atoms with van der Waals surface area (Å²) in [5.41, 5.74) is 13.3. The minimum absolute atomic E-state index is 1.09.